The third-order valence-corrected chi connectivity index (χ3v) is 4.44. The van der Waals surface area contributed by atoms with E-state index < -0.39 is 0 Å². The van der Waals surface area contributed by atoms with Crippen LogP contribution < -0.4 is 10.1 Å². The van der Waals surface area contributed by atoms with Crippen molar-refractivity contribution < 1.29 is 9.53 Å². The Hall–Kier alpha value is -1.55. The van der Waals surface area contributed by atoms with E-state index in [-0.39, 0.29) is 5.91 Å². The van der Waals surface area contributed by atoms with Crippen molar-refractivity contribution in [2.24, 2.45) is 5.92 Å². The zero-order chi connectivity index (χ0) is 14.7. The topological polar surface area (TPSA) is 41.6 Å². The van der Waals surface area contributed by atoms with Crippen molar-refractivity contribution in [3.63, 3.8) is 0 Å². The molecular weight excluding hydrogens is 264 g/mol. The van der Waals surface area contributed by atoms with Crippen molar-refractivity contribution >= 4 is 5.91 Å². The van der Waals surface area contributed by atoms with Gasteiger partial charge in [-0.05, 0) is 56.8 Å². The summed E-state index contributed by atoms with van der Waals surface area (Å²) in [5.74, 6) is 1.38. The maximum Gasteiger partial charge on any atom is 0.257 e. The summed E-state index contributed by atoms with van der Waals surface area (Å²) >= 11 is 0. The van der Waals surface area contributed by atoms with Gasteiger partial charge in [-0.3, -0.25) is 4.79 Å². The summed E-state index contributed by atoms with van der Waals surface area (Å²) in [5.41, 5.74) is 0.690. The van der Waals surface area contributed by atoms with Crippen LogP contribution >= 0.6 is 0 Å². The number of nitrogens with zero attached hydrogens (tertiary/aromatic N) is 1. The van der Waals surface area contributed by atoms with Gasteiger partial charge in [0.25, 0.3) is 5.91 Å². The first kappa shape index (κ1) is 14.4. The number of methoxy groups -OCH3 is 1. The number of carbonyl (C=O) groups is 1. The molecule has 0 radical (unpaired) electrons. The summed E-state index contributed by atoms with van der Waals surface area (Å²) in [6.07, 6.45) is 4.71. The molecule has 114 valence electrons. The van der Waals surface area contributed by atoms with Gasteiger partial charge in [-0.2, -0.15) is 0 Å². The van der Waals surface area contributed by atoms with Gasteiger partial charge < -0.3 is 15.0 Å². The molecule has 1 unspecified atom stereocenters. The van der Waals surface area contributed by atoms with Crippen molar-refractivity contribution in [1.29, 1.82) is 0 Å². The van der Waals surface area contributed by atoms with E-state index in [0.717, 1.165) is 32.5 Å². The van der Waals surface area contributed by atoms with Gasteiger partial charge in [0, 0.05) is 12.6 Å². The minimum atomic E-state index is 0.125. The second kappa shape index (κ2) is 6.48. The van der Waals surface area contributed by atoms with E-state index in [1.807, 2.05) is 24.3 Å². The Kier molecular flexibility index (Phi) is 4.44. The fourth-order valence-electron chi connectivity index (χ4n) is 3.12. The van der Waals surface area contributed by atoms with E-state index >= 15 is 0 Å². The van der Waals surface area contributed by atoms with Crippen LogP contribution in [-0.2, 0) is 0 Å². The fraction of sp³-hybridized carbons (Fsp3) is 0.588. The molecule has 1 saturated carbocycles. The molecule has 0 bridgehead atoms. The third kappa shape index (κ3) is 3.38. The van der Waals surface area contributed by atoms with Gasteiger partial charge in [0.1, 0.15) is 5.75 Å². The highest BCUT2D eigenvalue weighted by molar-refractivity contribution is 5.97. The Bertz CT molecular complexity index is 493. The lowest BCUT2D eigenvalue weighted by molar-refractivity contribution is 0.0701. The van der Waals surface area contributed by atoms with E-state index in [4.69, 9.17) is 4.74 Å². The van der Waals surface area contributed by atoms with Crippen LogP contribution in [0.5, 0.6) is 5.75 Å². The zero-order valence-electron chi connectivity index (χ0n) is 12.7. The summed E-state index contributed by atoms with van der Waals surface area (Å²) in [6, 6.07) is 7.98. The summed E-state index contributed by atoms with van der Waals surface area (Å²) in [6.45, 7) is 3.01. The molecule has 1 amide bonds. The molecule has 1 atom stereocenters. The summed E-state index contributed by atoms with van der Waals surface area (Å²) in [4.78, 5) is 15.0. The summed E-state index contributed by atoms with van der Waals surface area (Å²) in [5, 5.41) is 3.44. The summed E-state index contributed by atoms with van der Waals surface area (Å²) in [7, 11) is 1.62. The van der Waals surface area contributed by atoms with Gasteiger partial charge >= 0.3 is 0 Å². The van der Waals surface area contributed by atoms with Crippen LogP contribution in [0, 0.1) is 5.92 Å². The van der Waals surface area contributed by atoms with Crippen LogP contribution in [-0.4, -0.2) is 43.6 Å². The minimum absolute atomic E-state index is 0.125. The van der Waals surface area contributed by atoms with Gasteiger partial charge in [-0.25, -0.2) is 0 Å². The van der Waals surface area contributed by atoms with Crippen LogP contribution in [0.3, 0.4) is 0 Å². The molecule has 1 N–H and O–H groups in total. The molecular formula is C17H24N2O2. The summed E-state index contributed by atoms with van der Waals surface area (Å²) < 4.78 is 5.35. The first-order chi connectivity index (χ1) is 10.3. The van der Waals surface area contributed by atoms with Gasteiger partial charge in [0.05, 0.1) is 12.7 Å². The van der Waals surface area contributed by atoms with Crippen molar-refractivity contribution in [3.8, 4) is 5.75 Å². The lowest BCUT2D eigenvalue weighted by Crippen LogP contribution is -2.42. The van der Waals surface area contributed by atoms with Crippen LogP contribution in [0.4, 0.5) is 0 Å². The Morgan fingerprint density at radius 1 is 1.33 bits per heavy atom. The Morgan fingerprint density at radius 3 is 2.81 bits per heavy atom. The highest BCUT2D eigenvalue weighted by atomic mass is 16.5. The number of rotatable bonds is 5. The molecule has 21 heavy (non-hydrogen) atoms. The molecule has 1 aromatic carbocycles. The first-order valence-electron chi connectivity index (χ1n) is 7.94. The SMILES string of the molecule is COc1ccccc1C(=O)N(CC1CCCNC1)C1CC1. The molecule has 4 nitrogen and oxygen atoms in total. The number of para-hydroxylation sites is 1. The van der Waals surface area contributed by atoms with E-state index in [9.17, 15) is 4.79 Å². The molecule has 1 aromatic rings. The molecule has 0 aromatic heterocycles. The van der Waals surface area contributed by atoms with Crippen LogP contribution in [0.2, 0.25) is 0 Å². The molecule has 4 heteroatoms. The highest BCUT2D eigenvalue weighted by Gasteiger charge is 2.35. The van der Waals surface area contributed by atoms with Gasteiger partial charge in [-0.1, -0.05) is 12.1 Å². The number of ether oxygens (including phenoxy) is 1. The molecule has 1 saturated heterocycles. The average Bonchev–Trinajstić information content (AvgIpc) is 3.37. The lowest BCUT2D eigenvalue weighted by Gasteiger charge is -2.30. The number of piperidine rings is 1. The monoisotopic (exact) mass is 288 g/mol. The number of hydrogen-bond donors (Lipinski definition) is 1. The zero-order valence-corrected chi connectivity index (χ0v) is 12.7. The van der Waals surface area contributed by atoms with Crippen LogP contribution in [0.25, 0.3) is 0 Å². The first-order valence-corrected chi connectivity index (χ1v) is 7.94. The van der Waals surface area contributed by atoms with E-state index in [1.54, 1.807) is 7.11 Å². The predicted molar refractivity (Wildman–Crippen MR) is 82.6 cm³/mol. The molecule has 2 fully saturated rings. The van der Waals surface area contributed by atoms with E-state index in [2.05, 4.69) is 10.2 Å². The fourth-order valence-corrected chi connectivity index (χ4v) is 3.12. The molecule has 0 spiro atoms. The smallest absolute Gasteiger partial charge is 0.257 e. The van der Waals surface area contributed by atoms with E-state index in [1.165, 1.54) is 12.8 Å². The minimum Gasteiger partial charge on any atom is -0.496 e. The maximum atomic E-state index is 12.9. The van der Waals surface area contributed by atoms with Gasteiger partial charge in [-0.15, -0.1) is 0 Å². The lowest BCUT2D eigenvalue weighted by atomic mass is 9.98. The van der Waals surface area contributed by atoms with E-state index in [0.29, 0.717) is 23.3 Å². The van der Waals surface area contributed by atoms with Crippen LogP contribution in [0.15, 0.2) is 24.3 Å². The van der Waals surface area contributed by atoms with Crippen molar-refractivity contribution in [2.45, 2.75) is 31.7 Å². The van der Waals surface area contributed by atoms with Gasteiger partial charge in [0.15, 0.2) is 0 Å². The second-order valence-electron chi connectivity index (χ2n) is 6.10. The highest BCUT2D eigenvalue weighted by Crippen LogP contribution is 2.31. The van der Waals surface area contributed by atoms with Crippen molar-refractivity contribution in [3.05, 3.63) is 29.8 Å². The molecule has 3 rings (SSSR count). The number of carbonyl (C=O) groups excluding carboxylic acids is 1. The maximum absolute atomic E-state index is 12.9. The predicted octanol–water partition coefficient (Wildman–Crippen LogP) is 2.30. The number of benzene rings is 1. The second-order valence-corrected chi connectivity index (χ2v) is 6.10. The Balaban J connectivity index is 1.75. The number of amides is 1. The number of hydrogen-bond acceptors (Lipinski definition) is 3. The third-order valence-electron chi connectivity index (χ3n) is 4.44. The Morgan fingerprint density at radius 2 is 2.14 bits per heavy atom. The standard InChI is InChI=1S/C17H24N2O2/c1-21-16-7-3-2-6-15(16)17(20)19(14-8-9-14)12-13-5-4-10-18-11-13/h2-3,6-7,13-14,18H,4-5,8-12H2,1H3. The molecule has 1 heterocycles. The normalized spacial score (nSPS) is 21.9. The van der Waals surface area contributed by atoms with Crippen molar-refractivity contribution in [2.75, 3.05) is 26.7 Å². The van der Waals surface area contributed by atoms with Crippen LogP contribution in [0.1, 0.15) is 36.0 Å². The quantitative estimate of drug-likeness (QED) is 0.904. The Labute approximate surface area is 126 Å². The number of nitrogens with one attached hydrogen (secondary N) is 1. The molecule has 1 aliphatic carbocycles. The largest absolute Gasteiger partial charge is 0.496 e. The van der Waals surface area contributed by atoms with Gasteiger partial charge in [0.2, 0.25) is 0 Å². The molecule has 2 aliphatic rings. The molecule has 1 aliphatic heterocycles. The average molecular weight is 288 g/mol. The van der Waals surface area contributed by atoms with Crippen molar-refractivity contribution in [1.82, 2.24) is 10.2 Å².